The molecular weight excluding hydrogens is 234 g/mol. The predicted octanol–water partition coefficient (Wildman–Crippen LogP) is 0.882. The monoisotopic (exact) mass is 257 g/mol. The van der Waals surface area contributed by atoms with Crippen LogP contribution >= 0.6 is 0 Å². The van der Waals surface area contributed by atoms with E-state index in [2.05, 4.69) is 5.32 Å². The second-order valence-corrected chi connectivity index (χ2v) is 5.33. The lowest BCUT2D eigenvalue weighted by Gasteiger charge is -2.30. The summed E-state index contributed by atoms with van der Waals surface area (Å²) < 4.78 is 11.0. The number of rotatable bonds is 8. The molecule has 0 spiro atoms. The van der Waals surface area contributed by atoms with Crippen LogP contribution in [0.25, 0.3) is 0 Å². The van der Waals surface area contributed by atoms with Crippen molar-refractivity contribution >= 4 is 5.97 Å². The molecule has 2 unspecified atom stereocenters. The van der Waals surface area contributed by atoms with E-state index >= 15 is 0 Å². The van der Waals surface area contributed by atoms with E-state index in [1.165, 1.54) is 0 Å². The fraction of sp³-hybridized carbons (Fsp3) is 0.923. The summed E-state index contributed by atoms with van der Waals surface area (Å²) in [6.45, 7) is 4.99. The van der Waals surface area contributed by atoms with E-state index in [0.717, 1.165) is 32.5 Å². The highest BCUT2D eigenvalue weighted by molar-refractivity contribution is 5.80. The van der Waals surface area contributed by atoms with Crippen molar-refractivity contribution in [3.63, 3.8) is 0 Å². The third kappa shape index (κ3) is 3.02. The third-order valence-electron chi connectivity index (χ3n) is 3.86. The van der Waals surface area contributed by atoms with Crippen LogP contribution in [0.2, 0.25) is 0 Å². The topological polar surface area (TPSA) is 67.8 Å². The highest BCUT2D eigenvalue weighted by atomic mass is 16.5. The van der Waals surface area contributed by atoms with Gasteiger partial charge < -0.3 is 14.6 Å². The first-order valence-electron chi connectivity index (χ1n) is 6.83. The quantitative estimate of drug-likeness (QED) is 0.675. The number of hydrogen-bond donors (Lipinski definition) is 2. The molecule has 1 heterocycles. The molecule has 0 aromatic heterocycles. The SMILES string of the molecule is CCNC(COCC1CCOC1)(C(=O)O)C1CC1. The zero-order valence-corrected chi connectivity index (χ0v) is 11.0. The molecule has 5 heteroatoms. The van der Waals surface area contributed by atoms with E-state index in [1.807, 2.05) is 6.92 Å². The van der Waals surface area contributed by atoms with Crippen LogP contribution in [-0.2, 0) is 14.3 Å². The molecule has 5 nitrogen and oxygen atoms in total. The Labute approximate surface area is 108 Å². The van der Waals surface area contributed by atoms with Crippen molar-refractivity contribution in [3.8, 4) is 0 Å². The molecule has 104 valence electrons. The largest absolute Gasteiger partial charge is 0.480 e. The predicted molar refractivity (Wildman–Crippen MR) is 66.5 cm³/mol. The van der Waals surface area contributed by atoms with E-state index in [4.69, 9.17) is 9.47 Å². The molecule has 2 fully saturated rings. The normalized spacial score (nSPS) is 27.1. The van der Waals surface area contributed by atoms with Gasteiger partial charge in [-0.25, -0.2) is 0 Å². The van der Waals surface area contributed by atoms with Crippen molar-refractivity contribution in [2.45, 2.75) is 31.7 Å². The number of carbonyl (C=O) groups is 1. The van der Waals surface area contributed by atoms with Gasteiger partial charge in [-0.3, -0.25) is 10.1 Å². The summed E-state index contributed by atoms with van der Waals surface area (Å²) in [5.74, 6) is -0.137. The fourth-order valence-corrected chi connectivity index (χ4v) is 2.62. The molecule has 2 aliphatic rings. The molecule has 0 amide bonds. The van der Waals surface area contributed by atoms with Crippen molar-refractivity contribution in [3.05, 3.63) is 0 Å². The first kappa shape index (κ1) is 13.8. The maximum Gasteiger partial charge on any atom is 0.326 e. The summed E-state index contributed by atoms with van der Waals surface area (Å²) >= 11 is 0. The number of hydrogen-bond acceptors (Lipinski definition) is 4. The zero-order chi connectivity index (χ0) is 13.0. The zero-order valence-electron chi connectivity index (χ0n) is 11.0. The molecular formula is C13H23NO4. The first-order valence-corrected chi connectivity index (χ1v) is 6.83. The Morgan fingerprint density at radius 3 is 2.78 bits per heavy atom. The smallest absolute Gasteiger partial charge is 0.326 e. The van der Waals surface area contributed by atoms with Crippen LogP contribution in [0.3, 0.4) is 0 Å². The summed E-state index contributed by atoms with van der Waals surface area (Å²) in [5, 5.41) is 12.6. The molecule has 0 radical (unpaired) electrons. The minimum Gasteiger partial charge on any atom is -0.480 e. The van der Waals surface area contributed by atoms with Crippen molar-refractivity contribution in [1.82, 2.24) is 5.32 Å². The van der Waals surface area contributed by atoms with Crippen LogP contribution in [0.15, 0.2) is 0 Å². The van der Waals surface area contributed by atoms with Gasteiger partial charge in [0.15, 0.2) is 0 Å². The number of likely N-dealkylation sites (N-methyl/N-ethyl adjacent to an activating group) is 1. The van der Waals surface area contributed by atoms with Crippen LogP contribution in [0, 0.1) is 11.8 Å². The first-order chi connectivity index (χ1) is 8.69. The summed E-state index contributed by atoms with van der Waals surface area (Å²) in [6, 6.07) is 0. The van der Waals surface area contributed by atoms with E-state index in [9.17, 15) is 9.90 Å². The van der Waals surface area contributed by atoms with Gasteiger partial charge >= 0.3 is 5.97 Å². The number of ether oxygens (including phenoxy) is 2. The minimum absolute atomic E-state index is 0.217. The molecule has 2 atom stereocenters. The average Bonchev–Trinajstić information content (AvgIpc) is 3.06. The Morgan fingerprint density at radius 2 is 2.28 bits per heavy atom. The Bertz CT molecular complexity index is 287. The van der Waals surface area contributed by atoms with Gasteiger partial charge in [-0.15, -0.1) is 0 Å². The van der Waals surface area contributed by atoms with Crippen LogP contribution in [0.4, 0.5) is 0 Å². The van der Waals surface area contributed by atoms with Gasteiger partial charge in [0.25, 0.3) is 0 Å². The molecule has 1 aliphatic heterocycles. The van der Waals surface area contributed by atoms with Crippen molar-refractivity contribution in [2.24, 2.45) is 11.8 Å². The summed E-state index contributed by atoms with van der Waals surface area (Å²) in [7, 11) is 0. The maximum atomic E-state index is 11.6. The number of nitrogens with one attached hydrogen (secondary N) is 1. The molecule has 1 saturated carbocycles. The van der Waals surface area contributed by atoms with E-state index < -0.39 is 11.5 Å². The van der Waals surface area contributed by atoms with Gasteiger partial charge in [0.05, 0.1) is 19.8 Å². The lowest BCUT2D eigenvalue weighted by Crippen LogP contribution is -2.57. The standard InChI is InChI=1S/C13H23NO4/c1-2-14-13(12(15)16,11-3-4-11)9-18-8-10-5-6-17-7-10/h10-11,14H,2-9H2,1H3,(H,15,16). The van der Waals surface area contributed by atoms with Gasteiger partial charge in [0, 0.05) is 12.5 Å². The lowest BCUT2D eigenvalue weighted by molar-refractivity contribution is -0.149. The molecule has 0 aromatic carbocycles. The third-order valence-corrected chi connectivity index (χ3v) is 3.86. The summed E-state index contributed by atoms with van der Waals surface area (Å²) in [5.41, 5.74) is -0.881. The number of carboxylic acids is 1. The molecule has 2 N–H and O–H groups in total. The van der Waals surface area contributed by atoms with Gasteiger partial charge in [-0.1, -0.05) is 6.92 Å². The second kappa shape index (κ2) is 5.99. The second-order valence-electron chi connectivity index (χ2n) is 5.33. The Hall–Kier alpha value is -0.650. The van der Waals surface area contributed by atoms with Crippen LogP contribution in [0.5, 0.6) is 0 Å². The van der Waals surface area contributed by atoms with Crippen LogP contribution in [-0.4, -0.2) is 49.6 Å². The van der Waals surface area contributed by atoms with Crippen LogP contribution in [0.1, 0.15) is 26.2 Å². The fourth-order valence-electron chi connectivity index (χ4n) is 2.62. The average molecular weight is 257 g/mol. The molecule has 1 aliphatic carbocycles. The van der Waals surface area contributed by atoms with Gasteiger partial charge in [-0.2, -0.15) is 0 Å². The number of carboxylic acid groups (broad SMARTS) is 1. The molecule has 1 saturated heterocycles. The van der Waals surface area contributed by atoms with Gasteiger partial charge in [0.1, 0.15) is 5.54 Å². The van der Waals surface area contributed by atoms with E-state index in [1.54, 1.807) is 0 Å². The van der Waals surface area contributed by atoms with E-state index in [0.29, 0.717) is 19.1 Å². The summed E-state index contributed by atoms with van der Waals surface area (Å²) in [4.78, 5) is 11.6. The Kier molecular flexibility index (Phi) is 4.59. The Morgan fingerprint density at radius 1 is 1.50 bits per heavy atom. The van der Waals surface area contributed by atoms with Crippen LogP contribution < -0.4 is 5.32 Å². The van der Waals surface area contributed by atoms with Crippen molar-refractivity contribution in [1.29, 1.82) is 0 Å². The van der Waals surface area contributed by atoms with Gasteiger partial charge in [-0.05, 0) is 31.7 Å². The summed E-state index contributed by atoms with van der Waals surface area (Å²) in [6.07, 6.45) is 2.98. The molecule has 0 bridgehead atoms. The highest BCUT2D eigenvalue weighted by Crippen LogP contribution is 2.40. The minimum atomic E-state index is -0.881. The van der Waals surface area contributed by atoms with Crippen molar-refractivity contribution < 1.29 is 19.4 Å². The van der Waals surface area contributed by atoms with E-state index in [-0.39, 0.29) is 12.5 Å². The van der Waals surface area contributed by atoms with Gasteiger partial charge in [0.2, 0.25) is 0 Å². The molecule has 0 aromatic rings. The Balaban J connectivity index is 1.85. The lowest BCUT2D eigenvalue weighted by atomic mass is 9.94. The number of aliphatic carboxylic acids is 1. The maximum absolute atomic E-state index is 11.6. The molecule has 18 heavy (non-hydrogen) atoms. The highest BCUT2D eigenvalue weighted by Gasteiger charge is 2.51. The van der Waals surface area contributed by atoms with Crippen molar-refractivity contribution in [2.75, 3.05) is 33.0 Å². The molecule has 2 rings (SSSR count).